The summed E-state index contributed by atoms with van der Waals surface area (Å²) >= 11 is 0. The Bertz CT molecular complexity index is 126. The van der Waals surface area contributed by atoms with E-state index in [0.29, 0.717) is 6.54 Å². The molecule has 1 heterocycles. The molecule has 0 atom stereocenters. The van der Waals surface area contributed by atoms with Crippen LogP contribution in [-0.4, -0.2) is 44.2 Å². The molecule has 1 saturated heterocycles. The first-order valence-corrected chi connectivity index (χ1v) is 4.71. The normalized spacial score (nSPS) is 21.4. The van der Waals surface area contributed by atoms with Gasteiger partial charge in [0.15, 0.2) is 0 Å². The molecule has 1 fully saturated rings. The lowest BCUT2D eigenvalue weighted by atomic mass is 10.4. The van der Waals surface area contributed by atoms with Gasteiger partial charge in [-0.05, 0) is 19.5 Å². The van der Waals surface area contributed by atoms with E-state index in [9.17, 15) is 0 Å². The van der Waals surface area contributed by atoms with Gasteiger partial charge in [0.2, 0.25) is 0 Å². The van der Waals surface area contributed by atoms with Crippen LogP contribution in [0.2, 0.25) is 0 Å². The van der Waals surface area contributed by atoms with Gasteiger partial charge in [0.1, 0.15) is 0 Å². The summed E-state index contributed by atoms with van der Waals surface area (Å²) in [6.45, 7) is 6.37. The van der Waals surface area contributed by atoms with Gasteiger partial charge in [-0.15, -0.1) is 0 Å². The molecule has 0 bridgehead atoms. The molecule has 3 heteroatoms. The molecule has 0 spiro atoms. The topological polar surface area (TPSA) is 41.3 Å². The fourth-order valence-corrected chi connectivity index (χ4v) is 1.40. The molecule has 0 aromatic carbocycles. The van der Waals surface area contributed by atoms with Gasteiger partial charge in [-0.3, -0.25) is 4.90 Å². The van der Waals surface area contributed by atoms with Crippen LogP contribution in [0.3, 0.4) is 0 Å². The minimum absolute atomic E-state index is 0.659. The SMILES string of the molecule is NC/C=C/CN1CCCNCC1. The molecule has 1 aliphatic rings. The maximum absolute atomic E-state index is 5.36. The zero-order valence-corrected chi connectivity index (χ0v) is 7.63. The van der Waals surface area contributed by atoms with Gasteiger partial charge in [0.25, 0.3) is 0 Å². The van der Waals surface area contributed by atoms with E-state index in [-0.39, 0.29) is 0 Å². The van der Waals surface area contributed by atoms with Crippen molar-refractivity contribution in [2.45, 2.75) is 6.42 Å². The second-order valence-corrected chi connectivity index (χ2v) is 3.11. The number of rotatable bonds is 3. The Hall–Kier alpha value is -0.380. The third kappa shape index (κ3) is 3.85. The monoisotopic (exact) mass is 169 g/mol. The molecule has 12 heavy (non-hydrogen) atoms. The van der Waals surface area contributed by atoms with E-state index in [1.165, 1.54) is 13.0 Å². The highest BCUT2D eigenvalue weighted by molar-refractivity contribution is 4.86. The van der Waals surface area contributed by atoms with Crippen LogP contribution in [-0.2, 0) is 0 Å². The number of hydrogen-bond acceptors (Lipinski definition) is 3. The molecule has 0 radical (unpaired) electrons. The van der Waals surface area contributed by atoms with E-state index < -0.39 is 0 Å². The zero-order valence-electron chi connectivity index (χ0n) is 7.63. The molecule has 0 aromatic rings. The summed E-state index contributed by atoms with van der Waals surface area (Å²) in [4.78, 5) is 2.45. The molecule has 0 unspecified atom stereocenters. The van der Waals surface area contributed by atoms with Crippen molar-refractivity contribution in [1.29, 1.82) is 0 Å². The van der Waals surface area contributed by atoms with Crippen molar-refractivity contribution in [2.75, 3.05) is 39.3 Å². The third-order valence-corrected chi connectivity index (χ3v) is 2.10. The maximum Gasteiger partial charge on any atom is 0.0164 e. The van der Waals surface area contributed by atoms with Crippen molar-refractivity contribution in [3.8, 4) is 0 Å². The number of hydrogen-bond donors (Lipinski definition) is 2. The van der Waals surface area contributed by atoms with E-state index in [1.54, 1.807) is 0 Å². The summed E-state index contributed by atoms with van der Waals surface area (Å²) in [5.74, 6) is 0. The van der Waals surface area contributed by atoms with Gasteiger partial charge in [-0.25, -0.2) is 0 Å². The minimum atomic E-state index is 0.659. The lowest BCUT2D eigenvalue weighted by molar-refractivity contribution is 0.324. The van der Waals surface area contributed by atoms with Crippen LogP contribution < -0.4 is 11.1 Å². The van der Waals surface area contributed by atoms with Gasteiger partial charge in [-0.2, -0.15) is 0 Å². The van der Waals surface area contributed by atoms with Crippen molar-refractivity contribution in [3.05, 3.63) is 12.2 Å². The first kappa shape index (κ1) is 9.71. The molecule has 0 aromatic heterocycles. The molecule has 3 nitrogen and oxygen atoms in total. The van der Waals surface area contributed by atoms with Gasteiger partial charge < -0.3 is 11.1 Å². The number of nitrogens with one attached hydrogen (secondary N) is 1. The lowest BCUT2D eigenvalue weighted by Crippen LogP contribution is -2.28. The lowest BCUT2D eigenvalue weighted by Gasteiger charge is -2.16. The average Bonchev–Trinajstić information content (AvgIpc) is 2.33. The second kappa shape index (κ2) is 6.17. The fraction of sp³-hybridized carbons (Fsp3) is 0.778. The van der Waals surface area contributed by atoms with Gasteiger partial charge >= 0.3 is 0 Å². The Morgan fingerprint density at radius 1 is 1.25 bits per heavy atom. The molecular formula is C9H19N3. The van der Waals surface area contributed by atoms with Crippen molar-refractivity contribution in [1.82, 2.24) is 10.2 Å². The zero-order chi connectivity index (χ0) is 8.65. The van der Waals surface area contributed by atoms with Gasteiger partial charge in [0.05, 0.1) is 0 Å². The molecule has 1 rings (SSSR count). The Morgan fingerprint density at radius 3 is 3.00 bits per heavy atom. The van der Waals surface area contributed by atoms with E-state index >= 15 is 0 Å². The maximum atomic E-state index is 5.36. The van der Waals surface area contributed by atoms with E-state index in [2.05, 4.69) is 16.3 Å². The highest BCUT2D eigenvalue weighted by Gasteiger charge is 2.05. The van der Waals surface area contributed by atoms with Crippen LogP contribution in [0.4, 0.5) is 0 Å². The quantitative estimate of drug-likeness (QED) is 0.575. The summed E-state index contributed by atoms with van der Waals surface area (Å²) < 4.78 is 0. The smallest absolute Gasteiger partial charge is 0.0164 e. The Morgan fingerprint density at radius 2 is 2.17 bits per heavy atom. The summed E-state index contributed by atoms with van der Waals surface area (Å²) in [6.07, 6.45) is 5.44. The average molecular weight is 169 g/mol. The fourth-order valence-electron chi connectivity index (χ4n) is 1.40. The van der Waals surface area contributed by atoms with Crippen LogP contribution in [0.1, 0.15) is 6.42 Å². The van der Waals surface area contributed by atoms with E-state index in [1.807, 2.05) is 6.08 Å². The molecular weight excluding hydrogens is 150 g/mol. The van der Waals surface area contributed by atoms with E-state index in [4.69, 9.17) is 5.73 Å². The Balaban J connectivity index is 2.16. The molecule has 0 saturated carbocycles. The number of nitrogens with two attached hydrogens (primary N) is 1. The first-order chi connectivity index (χ1) is 5.93. The minimum Gasteiger partial charge on any atom is -0.327 e. The van der Waals surface area contributed by atoms with Crippen LogP contribution >= 0.6 is 0 Å². The summed E-state index contributed by atoms with van der Waals surface area (Å²) in [5, 5.41) is 3.38. The highest BCUT2D eigenvalue weighted by atomic mass is 15.1. The molecule has 3 N–H and O–H groups in total. The van der Waals surface area contributed by atoms with Crippen LogP contribution in [0, 0.1) is 0 Å². The molecule has 70 valence electrons. The largest absolute Gasteiger partial charge is 0.327 e. The third-order valence-electron chi connectivity index (χ3n) is 2.10. The van der Waals surface area contributed by atoms with Crippen LogP contribution in [0.25, 0.3) is 0 Å². The standard InChI is InChI=1S/C9H19N3/c10-4-1-2-7-12-8-3-5-11-6-9-12/h1-2,11H,3-10H2/b2-1+. The van der Waals surface area contributed by atoms with Crippen molar-refractivity contribution >= 4 is 0 Å². The van der Waals surface area contributed by atoms with Gasteiger partial charge in [0, 0.05) is 26.2 Å². The summed E-state index contributed by atoms with van der Waals surface area (Å²) in [7, 11) is 0. The van der Waals surface area contributed by atoms with Crippen LogP contribution in [0.5, 0.6) is 0 Å². The van der Waals surface area contributed by atoms with Gasteiger partial charge in [-0.1, -0.05) is 12.2 Å². The van der Waals surface area contributed by atoms with Crippen molar-refractivity contribution < 1.29 is 0 Å². The predicted octanol–water partition coefficient (Wildman–Crippen LogP) is -0.203. The second-order valence-electron chi connectivity index (χ2n) is 3.11. The van der Waals surface area contributed by atoms with Crippen molar-refractivity contribution in [2.24, 2.45) is 5.73 Å². The predicted molar refractivity (Wildman–Crippen MR) is 52.1 cm³/mol. The molecule has 0 aliphatic carbocycles. The first-order valence-electron chi connectivity index (χ1n) is 4.71. The number of nitrogens with zero attached hydrogens (tertiary/aromatic N) is 1. The summed E-state index contributed by atoms with van der Waals surface area (Å²) in [6, 6.07) is 0. The Labute approximate surface area is 74.6 Å². The molecule has 0 amide bonds. The Kier molecular flexibility index (Phi) is 4.99. The van der Waals surface area contributed by atoms with E-state index in [0.717, 1.165) is 26.2 Å². The summed E-state index contributed by atoms with van der Waals surface area (Å²) in [5.41, 5.74) is 5.36. The van der Waals surface area contributed by atoms with Crippen molar-refractivity contribution in [3.63, 3.8) is 0 Å². The van der Waals surface area contributed by atoms with Crippen LogP contribution in [0.15, 0.2) is 12.2 Å². The molecule has 1 aliphatic heterocycles. The highest BCUT2D eigenvalue weighted by Crippen LogP contribution is 1.94.